The average Bonchev–Trinajstić information content (AvgIpc) is 2.57. The topological polar surface area (TPSA) is 105 Å². The first-order chi connectivity index (χ1) is 6.68. The Balaban J connectivity index is 2.56. The maximum Gasteiger partial charge on any atom is 0.221 e. The van der Waals surface area contributed by atoms with Crippen LogP contribution in [0.5, 0.6) is 5.75 Å². The predicted molar refractivity (Wildman–Crippen MR) is 48.5 cm³/mol. The molecule has 0 aliphatic carbocycles. The highest BCUT2D eigenvalue weighted by Crippen LogP contribution is 2.25. The Bertz CT molecular complexity index is 491. The van der Waals surface area contributed by atoms with Crippen molar-refractivity contribution < 1.29 is 9.90 Å². The number of phenolic OH excluding ortho intramolecular Hbond substituents is 1. The molecule has 0 aliphatic rings. The summed E-state index contributed by atoms with van der Waals surface area (Å²) in [6.45, 7) is 0. The smallest absolute Gasteiger partial charge is 0.221 e. The predicted octanol–water partition coefficient (Wildman–Crippen LogP) is -0.309. The third-order valence-corrected chi connectivity index (χ3v) is 1.91. The van der Waals surface area contributed by atoms with Gasteiger partial charge in [0.05, 0.1) is 6.42 Å². The molecule has 14 heavy (non-hydrogen) atoms. The van der Waals surface area contributed by atoms with E-state index in [1.807, 2.05) is 0 Å². The number of nitrogens with two attached hydrogens (primary N) is 1. The van der Waals surface area contributed by atoms with Crippen molar-refractivity contribution >= 4 is 16.9 Å². The van der Waals surface area contributed by atoms with Crippen molar-refractivity contribution in [3.8, 4) is 5.75 Å². The number of phenols is 1. The van der Waals surface area contributed by atoms with Crippen LogP contribution in [0.15, 0.2) is 12.1 Å². The fourth-order valence-electron chi connectivity index (χ4n) is 1.27. The fraction of sp³-hybridized carbons (Fsp3) is 0.125. The SMILES string of the molecule is NC(=O)Cc1ccc2n[nH]nc2c1O. The Morgan fingerprint density at radius 1 is 1.50 bits per heavy atom. The number of aromatic hydroxyl groups is 1. The number of nitrogens with one attached hydrogen (secondary N) is 1. The van der Waals surface area contributed by atoms with Crippen LogP contribution in [0.3, 0.4) is 0 Å². The highest BCUT2D eigenvalue weighted by molar-refractivity contribution is 5.85. The molecule has 0 aliphatic heterocycles. The third-order valence-electron chi connectivity index (χ3n) is 1.91. The lowest BCUT2D eigenvalue weighted by Crippen LogP contribution is -2.13. The molecule has 2 rings (SSSR count). The van der Waals surface area contributed by atoms with E-state index in [1.165, 1.54) is 0 Å². The number of nitrogens with zero attached hydrogens (tertiary/aromatic N) is 2. The lowest BCUT2D eigenvalue weighted by molar-refractivity contribution is -0.117. The molecule has 72 valence electrons. The van der Waals surface area contributed by atoms with Crippen molar-refractivity contribution in [2.24, 2.45) is 5.73 Å². The van der Waals surface area contributed by atoms with Gasteiger partial charge < -0.3 is 10.8 Å². The molecule has 0 unspecified atom stereocenters. The molecule has 0 fully saturated rings. The fourth-order valence-corrected chi connectivity index (χ4v) is 1.27. The molecule has 1 amide bonds. The molecule has 0 atom stereocenters. The Hall–Kier alpha value is -2.11. The number of aromatic nitrogens is 3. The number of aromatic amines is 1. The van der Waals surface area contributed by atoms with Crippen LogP contribution >= 0.6 is 0 Å². The monoisotopic (exact) mass is 192 g/mol. The van der Waals surface area contributed by atoms with Crippen molar-refractivity contribution in [1.29, 1.82) is 0 Å². The van der Waals surface area contributed by atoms with Gasteiger partial charge in [-0.2, -0.15) is 15.4 Å². The second kappa shape index (κ2) is 2.99. The van der Waals surface area contributed by atoms with Gasteiger partial charge >= 0.3 is 0 Å². The van der Waals surface area contributed by atoms with E-state index in [0.29, 0.717) is 16.6 Å². The van der Waals surface area contributed by atoms with Crippen molar-refractivity contribution in [2.75, 3.05) is 0 Å². The van der Waals surface area contributed by atoms with Crippen molar-refractivity contribution in [2.45, 2.75) is 6.42 Å². The largest absolute Gasteiger partial charge is 0.505 e. The maximum atomic E-state index is 10.7. The number of hydrogen-bond acceptors (Lipinski definition) is 4. The molecule has 0 saturated heterocycles. The van der Waals surface area contributed by atoms with Crippen molar-refractivity contribution in [1.82, 2.24) is 15.4 Å². The second-order valence-corrected chi connectivity index (χ2v) is 2.91. The third kappa shape index (κ3) is 1.26. The first-order valence-electron chi connectivity index (χ1n) is 3.98. The molecule has 0 saturated carbocycles. The Morgan fingerprint density at radius 2 is 2.29 bits per heavy atom. The molecule has 4 N–H and O–H groups in total. The van der Waals surface area contributed by atoms with Crippen LogP contribution in [0.4, 0.5) is 0 Å². The number of primary amides is 1. The molecule has 2 aromatic rings. The number of carbonyl (C=O) groups excluding carboxylic acids is 1. The number of H-pyrrole nitrogens is 1. The van der Waals surface area contributed by atoms with E-state index in [1.54, 1.807) is 12.1 Å². The first kappa shape index (κ1) is 8.49. The van der Waals surface area contributed by atoms with Crippen LogP contribution in [-0.4, -0.2) is 26.4 Å². The highest BCUT2D eigenvalue weighted by Gasteiger charge is 2.10. The van der Waals surface area contributed by atoms with Crippen molar-refractivity contribution in [3.63, 3.8) is 0 Å². The van der Waals surface area contributed by atoms with E-state index in [4.69, 9.17) is 5.73 Å². The van der Waals surface area contributed by atoms with E-state index in [-0.39, 0.29) is 12.2 Å². The van der Waals surface area contributed by atoms with Crippen LogP contribution in [0.25, 0.3) is 11.0 Å². The molecule has 0 spiro atoms. The molecule has 1 aromatic carbocycles. The van der Waals surface area contributed by atoms with Gasteiger partial charge in [-0.3, -0.25) is 4.79 Å². The van der Waals surface area contributed by atoms with E-state index in [9.17, 15) is 9.90 Å². The standard InChI is InChI=1S/C8H8N4O2/c9-6(13)3-4-1-2-5-7(8(4)14)11-12-10-5/h1-2,14H,3H2,(H2,9,13)(H,10,11,12). The van der Waals surface area contributed by atoms with Gasteiger partial charge in [-0.05, 0) is 6.07 Å². The van der Waals surface area contributed by atoms with E-state index >= 15 is 0 Å². The van der Waals surface area contributed by atoms with Crippen LogP contribution in [-0.2, 0) is 11.2 Å². The van der Waals surface area contributed by atoms with Crippen LogP contribution < -0.4 is 5.73 Å². The lowest BCUT2D eigenvalue weighted by atomic mass is 10.1. The minimum atomic E-state index is -0.497. The van der Waals surface area contributed by atoms with E-state index in [0.717, 1.165) is 0 Å². The van der Waals surface area contributed by atoms with E-state index < -0.39 is 5.91 Å². The summed E-state index contributed by atoms with van der Waals surface area (Å²) in [5.74, 6) is -0.543. The molecular formula is C8H8N4O2. The molecule has 1 heterocycles. The summed E-state index contributed by atoms with van der Waals surface area (Å²) in [4.78, 5) is 10.7. The number of fused-ring (bicyclic) bond motifs is 1. The average molecular weight is 192 g/mol. The highest BCUT2D eigenvalue weighted by atomic mass is 16.3. The number of rotatable bonds is 2. The number of carbonyl (C=O) groups is 1. The summed E-state index contributed by atoms with van der Waals surface area (Å²) < 4.78 is 0. The van der Waals surface area contributed by atoms with Gasteiger partial charge in [0.25, 0.3) is 0 Å². The van der Waals surface area contributed by atoms with Crippen molar-refractivity contribution in [3.05, 3.63) is 17.7 Å². The van der Waals surface area contributed by atoms with Gasteiger partial charge in [0, 0.05) is 5.56 Å². The van der Waals surface area contributed by atoms with Gasteiger partial charge in [-0.25, -0.2) is 0 Å². The molecule has 6 heteroatoms. The maximum absolute atomic E-state index is 10.7. The Labute approximate surface area is 78.7 Å². The zero-order chi connectivity index (χ0) is 10.1. The van der Waals surface area contributed by atoms with Crippen LogP contribution in [0, 0.1) is 0 Å². The zero-order valence-electron chi connectivity index (χ0n) is 7.19. The normalized spacial score (nSPS) is 10.6. The quantitative estimate of drug-likeness (QED) is 0.607. The summed E-state index contributed by atoms with van der Waals surface area (Å²) in [6, 6.07) is 3.27. The Morgan fingerprint density at radius 3 is 3.00 bits per heavy atom. The number of amides is 1. The van der Waals surface area contributed by atoms with Gasteiger partial charge in [-0.1, -0.05) is 6.07 Å². The summed E-state index contributed by atoms with van der Waals surface area (Å²) in [6.07, 6.45) is -0.00532. The summed E-state index contributed by atoms with van der Waals surface area (Å²) in [5.41, 5.74) is 6.38. The molecule has 1 aromatic heterocycles. The van der Waals surface area contributed by atoms with Gasteiger partial charge in [0.15, 0.2) is 5.52 Å². The van der Waals surface area contributed by atoms with Gasteiger partial charge in [-0.15, -0.1) is 0 Å². The number of benzene rings is 1. The minimum absolute atomic E-state index is 0.00532. The molecule has 6 nitrogen and oxygen atoms in total. The summed E-state index contributed by atoms with van der Waals surface area (Å²) >= 11 is 0. The summed E-state index contributed by atoms with van der Waals surface area (Å²) in [7, 11) is 0. The molecule has 0 bridgehead atoms. The van der Waals surface area contributed by atoms with Gasteiger partial charge in [0.1, 0.15) is 11.3 Å². The first-order valence-corrected chi connectivity index (χ1v) is 3.98. The molecular weight excluding hydrogens is 184 g/mol. The van der Waals surface area contributed by atoms with E-state index in [2.05, 4.69) is 15.4 Å². The zero-order valence-corrected chi connectivity index (χ0v) is 7.19. The lowest BCUT2D eigenvalue weighted by Gasteiger charge is -2.00. The Kier molecular flexibility index (Phi) is 1.81. The molecule has 0 radical (unpaired) electrons. The van der Waals surface area contributed by atoms with Crippen LogP contribution in [0.1, 0.15) is 5.56 Å². The summed E-state index contributed by atoms with van der Waals surface area (Å²) in [5, 5.41) is 19.6. The number of hydrogen-bond donors (Lipinski definition) is 3. The second-order valence-electron chi connectivity index (χ2n) is 2.91. The minimum Gasteiger partial charge on any atom is -0.505 e. The van der Waals surface area contributed by atoms with Gasteiger partial charge in [0.2, 0.25) is 5.91 Å². The van der Waals surface area contributed by atoms with Crippen LogP contribution in [0.2, 0.25) is 0 Å².